The molecule has 0 atom stereocenters. The van der Waals surface area contributed by atoms with Crippen LogP contribution in [-0.2, 0) is 19.5 Å². The van der Waals surface area contributed by atoms with E-state index in [0.717, 1.165) is 36.6 Å². The summed E-state index contributed by atoms with van der Waals surface area (Å²) in [4.78, 5) is 0. The van der Waals surface area contributed by atoms with Gasteiger partial charge in [-0.05, 0) is 35.7 Å². The van der Waals surface area contributed by atoms with Crippen LogP contribution in [0.1, 0.15) is 23.6 Å². The normalized spacial score (nSPS) is 10.4. The lowest BCUT2D eigenvalue weighted by atomic mass is 10.1. The smallest absolute Gasteiger partial charge is 0.123 e. The van der Waals surface area contributed by atoms with Crippen LogP contribution >= 0.6 is 0 Å². The molecule has 2 rings (SSSR count). The minimum absolute atomic E-state index is 0.746. The third kappa shape index (κ3) is 4.23. The highest BCUT2D eigenvalue weighted by Crippen LogP contribution is 2.23. The van der Waals surface area contributed by atoms with Gasteiger partial charge in [-0.1, -0.05) is 31.2 Å². The number of rotatable bonds is 7. The van der Waals surface area contributed by atoms with Crippen LogP contribution in [0.15, 0.2) is 42.5 Å². The van der Waals surface area contributed by atoms with Crippen LogP contribution in [0.3, 0.4) is 0 Å². The van der Waals surface area contributed by atoms with E-state index >= 15 is 0 Å². The van der Waals surface area contributed by atoms with Gasteiger partial charge in [0.05, 0.1) is 14.2 Å². The number of ether oxygens (including phenoxy) is 2. The molecule has 0 unspecified atom stereocenters. The quantitative estimate of drug-likeness (QED) is 0.844. The maximum atomic E-state index is 5.38. The fourth-order valence-corrected chi connectivity index (χ4v) is 2.25. The third-order valence-corrected chi connectivity index (χ3v) is 3.56. The van der Waals surface area contributed by atoms with E-state index in [2.05, 4.69) is 36.5 Å². The molecule has 0 aliphatic heterocycles. The van der Waals surface area contributed by atoms with E-state index < -0.39 is 0 Å². The molecule has 1 N–H and O–H groups in total. The van der Waals surface area contributed by atoms with Gasteiger partial charge in [0.1, 0.15) is 11.5 Å². The Kier molecular flexibility index (Phi) is 5.64. The molecule has 2 aromatic carbocycles. The van der Waals surface area contributed by atoms with Gasteiger partial charge in [-0.2, -0.15) is 0 Å². The van der Waals surface area contributed by atoms with Crippen molar-refractivity contribution >= 4 is 0 Å². The molecule has 0 aliphatic rings. The Morgan fingerprint density at radius 1 is 0.857 bits per heavy atom. The number of methoxy groups -OCH3 is 2. The number of aryl methyl sites for hydroxylation is 1. The molecule has 0 aliphatic carbocycles. The number of benzene rings is 2. The Morgan fingerprint density at radius 2 is 1.57 bits per heavy atom. The largest absolute Gasteiger partial charge is 0.497 e. The fourth-order valence-electron chi connectivity index (χ4n) is 2.25. The molecule has 0 fully saturated rings. The Bertz CT molecular complexity index is 564. The van der Waals surface area contributed by atoms with E-state index in [1.54, 1.807) is 14.2 Å². The summed E-state index contributed by atoms with van der Waals surface area (Å²) in [5, 5.41) is 3.45. The number of hydrogen-bond donors (Lipinski definition) is 1. The molecule has 0 spiro atoms. The lowest BCUT2D eigenvalue weighted by Gasteiger charge is -2.11. The zero-order valence-electron chi connectivity index (χ0n) is 13.0. The Labute approximate surface area is 126 Å². The molecule has 3 nitrogen and oxygen atoms in total. The zero-order valence-corrected chi connectivity index (χ0v) is 13.0. The maximum Gasteiger partial charge on any atom is 0.123 e. The van der Waals surface area contributed by atoms with Crippen molar-refractivity contribution in [3.8, 4) is 11.5 Å². The van der Waals surface area contributed by atoms with Crippen molar-refractivity contribution in [3.63, 3.8) is 0 Å². The summed E-state index contributed by atoms with van der Waals surface area (Å²) >= 11 is 0. The molecule has 0 saturated carbocycles. The van der Waals surface area contributed by atoms with E-state index in [0.29, 0.717) is 0 Å². The van der Waals surface area contributed by atoms with Crippen molar-refractivity contribution in [1.29, 1.82) is 0 Å². The lowest BCUT2D eigenvalue weighted by Crippen LogP contribution is -2.13. The molecule has 3 heteroatoms. The predicted molar refractivity (Wildman–Crippen MR) is 85.9 cm³/mol. The number of nitrogens with one attached hydrogen (secondary N) is 1. The first kappa shape index (κ1) is 15.4. The molecule has 0 bridgehead atoms. The summed E-state index contributed by atoms with van der Waals surface area (Å²) in [7, 11) is 3.36. The Hall–Kier alpha value is -2.00. The highest BCUT2D eigenvalue weighted by molar-refractivity contribution is 5.40. The molecule has 0 radical (unpaired) electrons. The summed E-state index contributed by atoms with van der Waals surface area (Å²) in [5.41, 5.74) is 3.75. The minimum Gasteiger partial charge on any atom is -0.497 e. The molecule has 0 aromatic heterocycles. The average molecular weight is 285 g/mol. The maximum absolute atomic E-state index is 5.38. The third-order valence-electron chi connectivity index (χ3n) is 3.56. The average Bonchev–Trinajstić information content (AvgIpc) is 2.55. The second-order valence-corrected chi connectivity index (χ2v) is 4.95. The monoisotopic (exact) mass is 285 g/mol. The van der Waals surface area contributed by atoms with Crippen LogP contribution in [0, 0.1) is 0 Å². The Morgan fingerprint density at radius 3 is 2.19 bits per heavy atom. The summed E-state index contributed by atoms with van der Waals surface area (Å²) in [5.74, 6) is 1.73. The molecular weight excluding hydrogens is 262 g/mol. The molecule has 112 valence electrons. The second kappa shape index (κ2) is 7.70. The van der Waals surface area contributed by atoms with Crippen molar-refractivity contribution in [2.45, 2.75) is 26.4 Å². The zero-order chi connectivity index (χ0) is 15.1. The fraction of sp³-hybridized carbons (Fsp3) is 0.333. The van der Waals surface area contributed by atoms with Crippen molar-refractivity contribution in [3.05, 3.63) is 59.2 Å². The van der Waals surface area contributed by atoms with Crippen LogP contribution < -0.4 is 14.8 Å². The molecule has 21 heavy (non-hydrogen) atoms. The SMILES string of the molecule is CCc1ccc(CNCc2cc(OC)ccc2OC)cc1. The molecule has 0 amide bonds. The van der Waals surface area contributed by atoms with Gasteiger partial charge in [0.25, 0.3) is 0 Å². The van der Waals surface area contributed by atoms with Gasteiger partial charge < -0.3 is 14.8 Å². The first-order valence-corrected chi connectivity index (χ1v) is 7.26. The second-order valence-electron chi connectivity index (χ2n) is 4.95. The summed E-state index contributed by atoms with van der Waals surface area (Å²) < 4.78 is 10.6. The van der Waals surface area contributed by atoms with Crippen molar-refractivity contribution in [1.82, 2.24) is 5.32 Å². The van der Waals surface area contributed by atoms with Crippen LogP contribution in [0.4, 0.5) is 0 Å². The van der Waals surface area contributed by atoms with Gasteiger partial charge in [-0.25, -0.2) is 0 Å². The highest BCUT2D eigenvalue weighted by atomic mass is 16.5. The van der Waals surface area contributed by atoms with E-state index in [-0.39, 0.29) is 0 Å². The van der Waals surface area contributed by atoms with Gasteiger partial charge >= 0.3 is 0 Å². The van der Waals surface area contributed by atoms with E-state index in [1.165, 1.54) is 11.1 Å². The van der Waals surface area contributed by atoms with Gasteiger partial charge in [-0.3, -0.25) is 0 Å². The van der Waals surface area contributed by atoms with Crippen LogP contribution in [0.5, 0.6) is 11.5 Å². The van der Waals surface area contributed by atoms with Crippen LogP contribution in [0.2, 0.25) is 0 Å². The lowest BCUT2D eigenvalue weighted by molar-refractivity contribution is 0.397. The summed E-state index contributed by atoms with van der Waals surface area (Å²) in [6, 6.07) is 14.6. The summed E-state index contributed by atoms with van der Waals surface area (Å²) in [6.45, 7) is 3.75. The predicted octanol–water partition coefficient (Wildman–Crippen LogP) is 3.56. The van der Waals surface area contributed by atoms with E-state index in [1.807, 2.05) is 18.2 Å². The van der Waals surface area contributed by atoms with Gasteiger partial charge in [0, 0.05) is 18.7 Å². The Balaban J connectivity index is 1.95. The van der Waals surface area contributed by atoms with Gasteiger partial charge in [0.15, 0.2) is 0 Å². The minimum atomic E-state index is 0.746. The van der Waals surface area contributed by atoms with Crippen molar-refractivity contribution in [2.24, 2.45) is 0 Å². The first-order valence-electron chi connectivity index (χ1n) is 7.26. The summed E-state index contributed by atoms with van der Waals surface area (Å²) in [6.07, 6.45) is 1.08. The molecule has 0 saturated heterocycles. The standard InChI is InChI=1S/C18H23NO2/c1-4-14-5-7-15(8-6-14)12-19-13-16-11-17(20-2)9-10-18(16)21-3/h5-11,19H,4,12-13H2,1-3H3. The van der Waals surface area contributed by atoms with Crippen molar-refractivity contribution < 1.29 is 9.47 Å². The van der Waals surface area contributed by atoms with Crippen LogP contribution in [0.25, 0.3) is 0 Å². The highest BCUT2D eigenvalue weighted by Gasteiger charge is 2.04. The number of hydrogen-bond acceptors (Lipinski definition) is 3. The van der Waals surface area contributed by atoms with E-state index in [9.17, 15) is 0 Å². The molecule has 0 heterocycles. The first-order chi connectivity index (χ1) is 10.3. The van der Waals surface area contributed by atoms with Gasteiger partial charge in [-0.15, -0.1) is 0 Å². The van der Waals surface area contributed by atoms with E-state index in [4.69, 9.17) is 9.47 Å². The van der Waals surface area contributed by atoms with Crippen LogP contribution in [-0.4, -0.2) is 14.2 Å². The molecular formula is C18H23NO2. The van der Waals surface area contributed by atoms with Gasteiger partial charge in [0.2, 0.25) is 0 Å². The van der Waals surface area contributed by atoms with Crippen molar-refractivity contribution in [2.75, 3.05) is 14.2 Å². The molecule has 2 aromatic rings. The topological polar surface area (TPSA) is 30.5 Å².